The number of rotatable bonds is 1. The van der Waals surface area contributed by atoms with E-state index in [4.69, 9.17) is 6.42 Å². The van der Waals surface area contributed by atoms with Gasteiger partial charge in [-0.05, 0) is 6.92 Å². The van der Waals surface area contributed by atoms with E-state index in [1.54, 1.807) is 17.5 Å². The van der Waals surface area contributed by atoms with E-state index in [1.165, 1.54) is 0 Å². The monoisotopic (exact) mass is 137 g/mol. The molecule has 0 fully saturated rings. The van der Waals surface area contributed by atoms with E-state index < -0.39 is 0 Å². The molecular weight excluding hydrogens is 130 g/mol. The van der Waals surface area contributed by atoms with E-state index >= 15 is 0 Å². The average molecular weight is 137 g/mol. The Morgan fingerprint density at radius 1 is 1.89 bits per heavy atom. The fourth-order valence-corrected chi connectivity index (χ4v) is 1.17. The lowest BCUT2D eigenvalue weighted by Gasteiger charge is -1.93. The first-order chi connectivity index (χ1) is 4.34. The molecule has 2 heteroatoms. The third-order valence-corrected chi connectivity index (χ3v) is 2.03. The van der Waals surface area contributed by atoms with Crippen molar-refractivity contribution < 1.29 is 0 Å². The maximum atomic E-state index is 5.18. The van der Waals surface area contributed by atoms with Gasteiger partial charge in [0.25, 0.3) is 0 Å². The van der Waals surface area contributed by atoms with Gasteiger partial charge in [0, 0.05) is 11.6 Å². The second kappa shape index (κ2) is 2.65. The molecule has 0 N–H and O–H groups in total. The molecule has 1 heterocycles. The van der Waals surface area contributed by atoms with E-state index in [2.05, 4.69) is 10.9 Å². The van der Waals surface area contributed by atoms with Gasteiger partial charge in [-0.2, -0.15) is 0 Å². The Kier molecular flexibility index (Phi) is 1.86. The molecule has 46 valence electrons. The summed E-state index contributed by atoms with van der Waals surface area (Å²) in [4.78, 5) is 4.06. The van der Waals surface area contributed by atoms with E-state index in [-0.39, 0.29) is 5.92 Å². The predicted octanol–water partition coefficient (Wildman–Crippen LogP) is 1.88. The van der Waals surface area contributed by atoms with Gasteiger partial charge in [-0.1, -0.05) is 5.92 Å². The predicted molar refractivity (Wildman–Crippen MR) is 39.4 cm³/mol. The third kappa shape index (κ3) is 1.30. The highest BCUT2D eigenvalue weighted by atomic mass is 32.1. The number of nitrogens with zero attached hydrogens (tertiary/aromatic N) is 1. The summed E-state index contributed by atoms with van der Waals surface area (Å²) in [6.07, 6.45) is 6.95. The number of thiazole rings is 1. The molecule has 0 aliphatic rings. The lowest BCUT2D eigenvalue weighted by atomic mass is 10.2. The minimum atomic E-state index is 0.171. The molecule has 1 aromatic heterocycles. The van der Waals surface area contributed by atoms with E-state index in [1.807, 2.05) is 12.3 Å². The van der Waals surface area contributed by atoms with Gasteiger partial charge >= 0.3 is 0 Å². The number of aromatic nitrogens is 1. The topological polar surface area (TPSA) is 12.9 Å². The maximum Gasteiger partial charge on any atom is 0.107 e. The molecule has 1 rings (SSSR count). The summed E-state index contributed by atoms with van der Waals surface area (Å²) in [5.41, 5.74) is 0. The van der Waals surface area contributed by atoms with Crippen molar-refractivity contribution in [3.8, 4) is 12.3 Å². The Bertz CT molecular complexity index is 207. The number of terminal acetylenes is 1. The lowest BCUT2D eigenvalue weighted by molar-refractivity contribution is 0.980. The normalized spacial score (nSPS) is 12.4. The van der Waals surface area contributed by atoms with Crippen molar-refractivity contribution in [2.45, 2.75) is 12.8 Å². The average Bonchev–Trinajstić information content (AvgIpc) is 2.37. The Labute approximate surface area is 58.8 Å². The third-order valence-electron chi connectivity index (χ3n) is 1.07. The Morgan fingerprint density at radius 2 is 2.67 bits per heavy atom. The zero-order valence-electron chi connectivity index (χ0n) is 5.16. The van der Waals surface area contributed by atoms with Crippen molar-refractivity contribution >= 4 is 11.3 Å². The van der Waals surface area contributed by atoms with Crippen LogP contribution in [0.4, 0.5) is 0 Å². The standard InChI is InChI=1S/C7H7NS/c1-3-6(2)7-8-4-5-9-7/h1,4-6H,2H3. The minimum absolute atomic E-state index is 0.171. The first-order valence-electron chi connectivity index (χ1n) is 2.70. The van der Waals surface area contributed by atoms with Gasteiger partial charge in [0.1, 0.15) is 5.01 Å². The zero-order valence-corrected chi connectivity index (χ0v) is 5.98. The molecule has 1 nitrogen and oxygen atoms in total. The van der Waals surface area contributed by atoms with Crippen LogP contribution < -0.4 is 0 Å². The van der Waals surface area contributed by atoms with Gasteiger partial charge in [0.05, 0.1) is 5.92 Å². The molecule has 1 unspecified atom stereocenters. The molecule has 0 aromatic carbocycles. The zero-order chi connectivity index (χ0) is 6.69. The lowest BCUT2D eigenvalue weighted by Crippen LogP contribution is -1.85. The van der Waals surface area contributed by atoms with Crippen LogP contribution in [0.5, 0.6) is 0 Å². The summed E-state index contributed by atoms with van der Waals surface area (Å²) in [6.45, 7) is 1.97. The van der Waals surface area contributed by atoms with Crippen molar-refractivity contribution in [1.29, 1.82) is 0 Å². The van der Waals surface area contributed by atoms with Gasteiger partial charge in [-0.25, -0.2) is 4.98 Å². The van der Waals surface area contributed by atoms with Crippen LogP contribution in [0.25, 0.3) is 0 Å². The van der Waals surface area contributed by atoms with Gasteiger partial charge < -0.3 is 0 Å². The van der Waals surface area contributed by atoms with Gasteiger partial charge in [0.15, 0.2) is 0 Å². The fourth-order valence-electron chi connectivity index (χ4n) is 0.520. The number of hydrogen-bond acceptors (Lipinski definition) is 2. The smallest absolute Gasteiger partial charge is 0.107 e. The molecule has 9 heavy (non-hydrogen) atoms. The van der Waals surface area contributed by atoms with Crippen LogP contribution in [0.2, 0.25) is 0 Å². The largest absolute Gasteiger partial charge is 0.248 e. The molecular formula is C7H7NS. The van der Waals surface area contributed by atoms with Crippen molar-refractivity contribution in [2.75, 3.05) is 0 Å². The van der Waals surface area contributed by atoms with Crippen LogP contribution in [0.15, 0.2) is 11.6 Å². The summed E-state index contributed by atoms with van der Waals surface area (Å²) in [6, 6.07) is 0. The second-order valence-corrected chi connectivity index (χ2v) is 2.68. The second-order valence-electron chi connectivity index (χ2n) is 1.76. The molecule has 0 saturated carbocycles. The summed E-state index contributed by atoms with van der Waals surface area (Å²) in [5.74, 6) is 2.79. The molecule has 0 spiro atoms. The number of hydrogen-bond donors (Lipinski definition) is 0. The highest BCUT2D eigenvalue weighted by Crippen LogP contribution is 2.15. The van der Waals surface area contributed by atoms with Gasteiger partial charge in [0.2, 0.25) is 0 Å². The Morgan fingerprint density at radius 3 is 3.11 bits per heavy atom. The minimum Gasteiger partial charge on any atom is -0.248 e. The quantitative estimate of drug-likeness (QED) is 0.538. The molecule has 0 bridgehead atoms. The fraction of sp³-hybridized carbons (Fsp3) is 0.286. The van der Waals surface area contributed by atoms with Crippen LogP contribution in [0.1, 0.15) is 17.8 Å². The molecule has 0 saturated heterocycles. The molecule has 0 radical (unpaired) electrons. The highest BCUT2D eigenvalue weighted by molar-refractivity contribution is 7.09. The van der Waals surface area contributed by atoms with Crippen molar-refractivity contribution in [1.82, 2.24) is 4.98 Å². The Balaban J connectivity index is 2.80. The van der Waals surface area contributed by atoms with Crippen molar-refractivity contribution in [3.63, 3.8) is 0 Å². The van der Waals surface area contributed by atoms with Crippen LogP contribution >= 0.6 is 11.3 Å². The van der Waals surface area contributed by atoms with Crippen molar-refractivity contribution in [3.05, 3.63) is 16.6 Å². The molecule has 1 aromatic rings. The molecule has 1 atom stereocenters. The Hall–Kier alpha value is -0.810. The summed E-state index contributed by atoms with van der Waals surface area (Å²) in [7, 11) is 0. The van der Waals surface area contributed by atoms with Crippen LogP contribution in [0, 0.1) is 12.3 Å². The van der Waals surface area contributed by atoms with Crippen LogP contribution in [-0.2, 0) is 0 Å². The molecule has 0 aliphatic heterocycles. The van der Waals surface area contributed by atoms with E-state index in [0.717, 1.165) is 5.01 Å². The SMILES string of the molecule is C#CC(C)c1nccs1. The van der Waals surface area contributed by atoms with Gasteiger partial charge in [-0.15, -0.1) is 17.8 Å². The molecule has 0 aliphatic carbocycles. The van der Waals surface area contributed by atoms with Gasteiger partial charge in [-0.3, -0.25) is 0 Å². The summed E-state index contributed by atoms with van der Waals surface area (Å²) in [5, 5.41) is 2.96. The van der Waals surface area contributed by atoms with Crippen molar-refractivity contribution in [2.24, 2.45) is 0 Å². The first kappa shape index (κ1) is 6.31. The molecule has 0 amide bonds. The maximum absolute atomic E-state index is 5.18. The van der Waals surface area contributed by atoms with E-state index in [0.29, 0.717) is 0 Å². The summed E-state index contributed by atoms with van der Waals surface area (Å²) < 4.78 is 0. The van der Waals surface area contributed by atoms with E-state index in [9.17, 15) is 0 Å². The first-order valence-corrected chi connectivity index (χ1v) is 3.58. The summed E-state index contributed by atoms with van der Waals surface area (Å²) >= 11 is 1.60. The van der Waals surface area contributed by atoms with Crippen LogP contribution in [-0.4, -0.2) is 4.98 Å². The highest BCUT2D eigenvalue weighted by Gasteiger charge is 2.01. The van der Waals surface area contributed by atoms with Crippen LogP contribution in [0.3, 0.4) is 0 Å².